The molecule has 26 heavy (non-hydrogen) atoms. The van der Waals surface area contributed by atoms with Crippen molar-refractivity contribution < 1.29 is 19.1 Å². The van der Waals surface area contributed by atoms with Crippen molar-refractivity contribution in [3.8, 4) is 5.75 Å². The Morgan fingerprint density at radius 2 is 2.04 bits per heavy atom. The van der Waals surface area contributed by atoms with E-state index < -0.39 is 5.63 Å². The average Bonchev–Trinajstić information content (AvgIpc) is 2.64. The summed E-state index contributed by atoms with van der Waals surface area (Å²) in [5, 5.41) is 11.6. The molecule has 1 N–H and O–H groups in total. The topological polar surface area (TPSA) is 80.0 Å². The molecule has 0 radical (unpaired) electrons. The predicted octanol–water partition coefficient (Wildman–Crippen LogP) is 2.75. The Morgan fingerprint density at radius 1 is 1.35 bits per heavy atom. The van der Waals surface area contributed by atoms with Crippen LogP contribution in [0.4, 0.5) is 0 Å². The molecular weight excluding hydrogens is 334 g/mol. The van der Waals surface area contributed by atoms with Crippen LogP contribution in [-0.2, 0) is 22.5 Å². The Bertz CT molecular complexity index is 878. The number of piperidine rings is 1. The largest absolute Gasteiger partial charge is 0.507 e. The number of phenolic OH excluding ortho intramolecular Hbond substituents is 1. The number of benzene rings is 1. The van der Waals surface area contributed by atoms with E-state index in [9.17, 15) is 14.7 Å². The van der Waals surface area contributed by atoms with Gasteiger partial charge in [0.2, 0.25) is 0 Å². The summed E-state index contributed by atoms with van der Waals surface area (Å²) >= 11 is 0. The molecule has 1 aliphatic rings. The van der Waals surface area contributed by atoms with E-state index in [0.717, 1.165) is 42.4 Å². The monoisotopic (exact) mass is 359 g/mol. The van der Waals surface area contributed by atoms with Crippen molar-refractivity contribution in [3.63, 3.8) is 0 Å². The molecule has 0 atom stereocenters. The molecule has 6 nitrogen and oxygen atoms in total. The van der Waals surface area contributed by atoms with Gasteiger partial charge in [-0.15, -0.1) is 0 Å². The van der Waals surface area contributed by atoms with Crippen LogP contribution in [0, 0.1) is 12.8 Å². The highest BCUT2D eigenvalue weighted by molar-refractivity contribution is 5.86. The van der Waals surface area contributed by atoms with Crippen molar-refractivity contribution in [2.75, 3.05) is 20.2 Å². The molecule has 1 aromatic heterocycles. The zero-order valence-corrected chi connectivity index (χ0v) is 15.5. The molecule has 0 amide bonds. The van der Waals surface area contributed by atoms with Gasteiger partial charge in [0.15, 0.2) is 0 Å². The molecule has 2 heterocycles. The van der Waals surface area contributed by atoms with E-state index in [1.807, 2.05) is 19.9 Å². The van der Waals surface area contributed by atoms with Crippen LogP contribution >= 0.6 is 0 Å². The lowest BCUT2D eigenvalue weighted by atomic mass is 9.95. The maximum Gasteiger partial charge on any atom is 0.336 e. The van der Waals surface area contributed by atoms with Crippen LogP contribution in [0.25, 0.3) is 11.0 Å². The van der Waals surface area contributed by atoms with Gasteiger partial charge in [0.1, 0.15) is 11.3 Å². The maximum absolute atomic E-state index is 11.9. The van der Waals surface area contributed by atoms with Crippen molar-refractivity contribution in [1.82, 2.24) is 4.90 Å². The molecule has 0 spiro atoms. The van der Waals surface area contributed by atoms with Gasteiger partial charge in [0.25, 0.3) is 0 Å². The van der Waals surface area contributed by atoms with E-state index in [4.69, 9.17) is 9.15 Å². The van der Waals surface area contributed by atoms with Crippen LogP contribution < -0.4 is 5.63 Å². The molecule has 1 aliphatic heterocycles. The summed E-state index contributed by atoms with van der Waals surface area (Å²) in [5.41, 5.74) is 2.38. The second-order valence-corrected chi connectivity index (χ2v) is 6.92. The van der Waals surface area contributed by atoms with Crippen molar-refractivity contribution in [1.29, 1.82) is 0 Å². The quantitative estimate of drug-likeness (QED) is 0.668. The Hall–Kier alpha value is -2.34. The number of carbonyl (C=O) groups is 1. The molecule has 3 rings (SSSR count). The van der Waals surface area contributed by atoms with Crippen LogP contribution in [-0.4, -0.2) is 36.2 Å². The van der Waals surface area contributed by atoms with Gasteiger partial charge in [0.05, 0.1) is 18.6 Å². The molecule has 0 unspecified atom stereocenters. The predicted molar refractivity (Wildman–Crippen MR) is 98.3 cm³/mol. The number of likely N-dealkylation sites (tertiary alicyclic amines) is 1. The minimum Gasteiger partial charge on any atom is -0.507 e. The van der Waals surface area contributed by atoms with Crippen LogP contribution in [0.15, 0.2) is 21.3 Å². The summed E-state index contributed by atoms with van der Waals surface area (Å²) in [6.07, 6.45) is 2.14. The van der Waals surface area contributed by atoms with Gasteiger partial charge >= 0.3 is 11.6 Å². The highest BCUT2D eigenvalue weighted by atomic mass is 16.5. The number of carbonyl (C=O) groups excluding carboxylic acids is 1. The molecule has 0 saturated carbocycles. The lowest BCUT2D eigenvalue weighted by molar-refractivity contribution is -0.147. The number of methoxy groups -OCH3 is 1. The number of aryl methyl sites for hydroxylation is 2. The molecule has 1 aromatic carbocycles. The van der Waals surface area contributed by atoms with E-state index >= 15 is 0 Å². The van der Waals surface area contributed by atoms with Gasteiger partial charge in [0, 0.05) is 18.0 Å². The number of ether oxygens (including phenoxy) is 1. The lowest BCUT2D eigenvalue weighted by Crippen LogP contribution is -2.36. The fourth-order valence-electron chi connectivity index (χ4n) is 3.70. The van der Waals surface area contributed by atoms with Gasteiger partial charge in [-0.25, -0.2) is 4.79 Å². The second-order valence-electron chi connectivity index (χ2n) is 6.92. The van der Waals surface area contributed by atoms with Gasteiger partial charge in [-0.3, -0.25) is 9.69 Å². The standard InChI is InChI=1S/C20H25NO5/c1-4-13-10-15-12(2)9-17(22)26-19(15)16(18(13)23)11-21-7-5-14(6-8-21)20(24)25-3/h9-10,14,23H,4-8,11H2,1-3H3. The molecule has 1 saturated heterocycles. The summed E-state index contributed by atoms with van der Waals surface area (Å²) < 4.78 is 10.3. The number of rotatable bonds is 4. The van der Waals surface area contributed by atoms with Crippen LogP contribution in [0.2, 0.25) is 0 Å². The highest BCUT2D eigenvalue weighted by Gasteiger charge is 2.27. The summed E-state index contributed by atoms with van der Waals surface area (Å²) in [6.45, 7) is 5.80. The first kappa shape index (κ1) is 18.5. The normalized spacial score (nSPS) is 16.1. The number of aromatic hydroxyl groups is 1. The second kappa shape index (κ2) is 7.50. The van der Waals surface area contributed by atoms with Gasteiger partial charge in [-0.2, -0.15) is 0 Å². The van der Waals surface area contributed by atoms with E-state index in [1.165, 1.54) is 13.2 Å². The minimum atomic E-state index is -0.413. The van der Waals surface area contributed by atoms with Gasteiger partial charge in [-0.05, 0) is 56.5 Å². The minimum absolute atomic E-state index is 0.0660. The third-order valence-corrected chi connectivity index (χ3v) is 5.27. The fourth-order valence-corrected chi connectivity index (χ4v) is 3.70. The Balaban J connectivity index is 1.93. The van der Waals surface area contributed by atoms with E-state index in [1.54, 1.807) is 0 Å². The number of hydrogen-bond donors (Lipinski definition) is 1. The molecule has 6 heteroatoms. The highest BCUT2D eigenvalue weighted by Crippen LogP contribution is 2.34. The molecule has 140 valence electrons. The number of fused-ring (bicyclic) bond motifs is 1. The van der Waals surface area contributed by atoms with Crippen molar-refractivity contribution in [3.05, 3.63) is 39.2 Å². The van der Waals surface area contributed by atoms with Gasteiger partial charge < -0.3 is 14.3 Å². The first-order valence-corrected chi connectivity index (χ1v) is 9.03. The number of phenols is 1. The van der Waals surface area contributed by atoms with E-state index in [2.05, 4.69) is 4.90 Å². The zero-order valence-electron chi connectivity index (χ0n) is 15.5. The first-order valence-electron chi connectivity index (χ1n) is 9.03. The Labute approximate surface area is 152 Å². The van der Waals surface area contributed by atoms with E-state index in [0.29, 0.717) is 24.1 Å². The zero-order chi connectivity index (χ0) is 18.8. The fraction of sp³-hybridized carbons (Fsp3) is 0.500. The Kier molecular flexibility index (Phi) is 5.32. The van der Waals surface area contributed by atoms with Crippen molar-refractivity contribution in [2.45, 2.75) is 39.7 Å². The van der Waals surface area contributed by atoms with Crippen LogP contribution in [0.5, 0.6) is 5.75 Å². The summed E-state index contributed by atoms with van der Waals surface area (Å²) in [4.78, 5) is 25.7. The van der Waals surface area contributed by atoms with Crippen molar-refractivity contribution in [2.24, 2.45) is 5.92 Å². The molecule has 1 fully saturated rings. The van der Waals surface area contributed by atoms with Crippen LogP contribution in [0.1, 0.15) is 36.5 Å². The van der Waals surface area contributed by atoms with Crippen molar-refractivity contribution >= 4 is 16.9 Å². The summed E-state index contributed by atoms with van der Waals surface area (Å²) in [5.74, 6) is -0.0277. The smallest absolute Gasteiger partial charge is 0.336 e. The Morgan fingerprint density at radius 3 is 2.65 bits per heavy atom. The molecule has 0 bridgehead atoms. The molecular formula is C20H25NO5. The van der Waals surface area contributed by atoms with Crippen LogP contribution in [0.3, 0.4) is 0 Å². The first-order chi connectivity index (χ1) is 12.4. The summed E-state index contributed by atoms with van der Waals surface area (Å²) in [7, 11) is 1.42. The summed E-state index contributed by atoms with van der Waals surface area (Å²) in [6, 6.07) is 3.38. The maximum atomic E-state index is 11.9. The average molecular weight is 359 g/mol. The molecule has 0 aliphatic carbocycles. The molecule has 2 aromatic rings. The third-order valence-electron chi connectivity index (χ3n) is 5.27. The SMILES string of the molecule is CCc1cc2c(C)cc(=O)oc2c(CN2CCC(C(=O)OC)CC2)c1O. The number of hydrogen-bond acceptors (Lipinski definition) is 6. The lowest BCUT2D eigenvalue weighted by Gasteiger charge is -2.31. The van der Waals surface area contributed by atoms with Gasteiger partial charge in [-0.1, -0.05) is 6.92 Å². The van der Waals surface area contributed by atoms with E-state index in [-0.39, 0.29) is 17.6 Å². The number of nitrogens with zero attached hydrogens (tertiary/aromatic N) is 1. The third kappa shape index (κ3) is 3.46. The number of esters is 1.